The van der Waals surface area contributed by atoms with Gasteiger partial charge in [0.25, 0.3) is 0 Å². The number of fused-ring (bicyclic) bond motifs is 1. The zero-order valence-electron chi connectivity index (χ0n) is 24.4. The summed E-state index contributed by atoms with van der Waals surface area (Å²) in [5.41, 5.74) is 8.21. The number of hydrogen-bond acceptors (Lipinski definition) is 5. The standard InChI is InChI=1S/C35H41N5O2/c1-42-29-19-16-26(17-20-29)24-40-33(21-18-25-10-4-2-5-11-25)38-39-34(40)32(37-35(41)27-12-6-3-7-13-27)22-28-23-36-31-15-9-8-14-30(28)31/h2,4-5,8-11,14-17,19-20,23,27,32-33,36,38H,3,6-7,12-13,18,21-22,24H2,1H3,(H,37,41)/t32-,33?/m1/s1. The minimum Gasteiger partial charge on any atom is -0.497 e. The van der Waals surface area contributed by atoms with Gasteiger partial charge >= 0.3 is 0 Å². The summed E-state index contributed by atoms with van der Waals surface area (Å²) in [7, 11) is 1.69. The zero-order chi connectivity index (χ0) is 28.7. The molecule has 0 bridgehead atoms. The number of para-hydroxylation sites is 1. The Morgan fingerprint density at radius 2 is 1.74 bits per heavy atom. The number of aromatic nitrogens is 1. The van der Waals surface area contributed by atoms with E-state index in [1.807, 2.05) is 18.2 Å². The van der Waals surface area contributed by atoms with Crippen LogP contribution in [0.1, 0.15) is 55.2 Å². The molecule has 1 fully saturated rings. The maximum absolute atomic E-state index is 13.7. The van der Waals surface area contributed by atoms with Crippen molar-refractivity contribution in [2.24, 2.45) is 11.0 Å². The van der Waals surface area contributed by atoms with Crippen molar-refractivity contribution in [3.63, 3.8) is 0 Å². The lowest BCUT2D eigenvalue weighted by molar-refractivity contribution is -0.126. The topological polar surface area (TPSA) is 81.8 Å². The SMILES string of the molecule is COc1ccc(CN2C([C@@H](Cc3c[nH]c4ccccc34)NC(=O)C3CCCCC3)=NNC2CCc2ccccc2)cc1. The number of benzene rings is 3. The minimum absolute atomic E-state index is 0.0133. The third-order valence-corrected chi connectivity index (χ3v) is 8.76. The zero-order valence-corrected chi connectivity index (χ0v) is 24.4. The number of aromatic amines is 1. The fraction of sp³-hybridized carbons (Fsp3) is 0.371. The molecule has 1 aliphatic carbocycles. The number of nitrogens with zero attached hydrogens (tertiary/aromatic N) is 2. The molecule has 0 saturated heterocycles. The van der Waals surface area contributed by atoms with E-state index in [2.05, 4.69) is 87.5 Å². The van der Waals surface area contributed by atoms with E-state index in [-0.39, 0.29) is 24.0 Å². The van der Waals surface area contributed by atoms with Gasteiger partial charge in [0.05, 0.1) is 13.2 Å². The van der Waals surface area contributed by atoms with Gasteiger partial charge in [0.2, 0.25) is 5.91 Å². The maximum Gasteiger partial charge on any atom is 0.223 e. The van der Waals surface area contributed by atoms with Crippen molar-refractivity contribution in [3.05, 3.63) is 102 Å². The van der Waals surface area contributed by atoms with Gasteiger partial charge in [0.15, 0.2) is 0 Å². The molecule has 3 N–H and O–H groups in total. The molecule has 7 nitrogen and oxygen atoms in total. The Morgan fingerprint density at radius 1 is 0.976 bits per heavy atom. The van der Waals surface area contributed by atoms with Gasteiger partial charge in [-0.3, -0.25) is 10.2 Å². The largest absolute Gasteiger partial charge is 0.497 e. The van der Waals surface area contributed by atoms with Gasteiger partial charge in [-0.15, -0.1) is 0 Å². The van der Waals surface area contributed by atoms with Crippen molar-refractivity contribution in [2.45, 2.75) is 70.1 Å². The summed E-state index contributed by atoms with van der Waals surface area (Å²) in [6.07, 6.45) is 9.97. The van der Waals surface area contributed by atoms with Crippen LogP contribution in [0.25, 0.3) is 10.9 Å². The van der Waals surface area contributed by atoms with Crippen LogP contribution in [-0.2, 0) is 24.2 Å². The monoisotopic (exact) mass is 563 g/mol. The predicted molar refractivity (Wildman–Crippen MR) is 168 cm³/mol. The van der Waals surface area contributed by atoms with Crippen LogP contribution >= 0.6 is 0 Å². The van der Waals surface area contributed by atoms with Crippen LogP contribution in [0, 0.1) is 5.92 Å². The minimum atomic E-state index is -0.258. The first-order valence-electron chi connectivity index (χ1n) is 15.3. The summed E-state index contributed by atoms with van der Waals surface area (Å²) < 4.78 is 5.40. The molecule has 1 aliphatic heterocycles. The molecule has 6 rings (SSSR count). The first-order valence-corrected chi connectivity index (χ1v) is 15.3. The highest BCUT2D eigenvalue weighted by Gasteiger charge is 2.35. The van der Waals surface area contributed by atoms with Gasteiger partial charge in [-0.05, 0) is 60.6 Å². The van der Waals surface area contributed by atoms with Gasteiger partial charge in [-0.2, -0.15) is 5.10 Å². The number of carbonyl (C=O) groups is 1. The van der Waals surface area contributed by atoms with Gasteiger partial charge < -0.3 is 19.9 Å². The molecule has 1 unspecified atom stereocenters. The Morgan fingerprint density at radius 3 is 2.52 bits per heavy atom. The van der Waals surface area contributed by atoms with E-state index >= 15 is 0 Å². The van der Waals surface area contributed by atoms with Crippen molar-refractivity contribution < 1.29 is 9.53 Å². The summed E-state index contributed by atoms with van der Waals surface area (Å²) in [5.74, 6) is 1.95. The molecule has 3 aromatic carbocycles. The molecule has 0 radical (unpaired) electrons. The molecule has 2 atom stereocenters. The Balaban J connectivity index is 1.29. The van der Waals surface area contributed by atoms with E-state index < -0.39 is 0 Å². The summed E-state index contributed by atoms with van der Waals surface area (Å²) in [6.45, 7) is 0.680. The Bertz CT molecular complexity index is 1490. The second-order valence-electron chi connectivity index (χ2n) is 11.6. The van der Waals surface area contributed by atoms with Crippen LogP contribution in [0.4, 0.5) is 0 Å². The number of ether oxygens (including phenoxy) is 1. The highest BCUT2D eigenvalue weighted by Crippen LogP contribution is 2.27. The van der Waals surface area contributed by atoms with E-state index in [1.54, 1.807) is 7.11 Å². The fourth-order valence-electron chi connectivity index (χ4n) is 6.38. The second kappa shape index (κ2) is 13.1. The molecule has 1 aromatic heterocycles. The first kappa shape index (κ1) is 27.9. The van der Waals surface area contributed by atoms with Crippen LogP contribution in [-0.4, -0.2) is 40.9 Å². The van der Waals surface area contributed by atoms with Crippen molar-refractivity contribution in [3.8, 4) is 5.75 Å². The number of carbonyl (C=O) groups excluding carboxylic acids is 1. The van der Waals surface area contributed by atoms with Crippen LogP contribution in [0.15, 0.2) is 90.2 Å². The quantitative estimate of drug-likeness (QED) is 0.204. The van der Waals surface area contributed by atoms with Gasteiger partial charge in [0.1, 0.15) is 17.8 Å². The third kappa shape index (κ3) is 6.46. The summed E-state index contributed by atoms with van der Waals surface area (Å²) >= 11 is 0. The van der Waals surface area contributed by atoms with Crippen molar-refractivity contribution in [1.82, 2.24) is 20.6 Å². The molecule has 2 heterocycles. The number of rotatable bonds is 11. The average Bonchev–Trinajstić information content (AvgIpc) is 3.64. The van der Waals surface area contributed by atoms with E-state index in [4.69, 9.17) is 9.84 Å². The Hall–Kier alpha value is -4.26. The van der Waals surface area contributed by atoms with Gasteiger partial charge in [-0.1, -0.05) is 79.9 Å². The lowest BCUT2D eigenvalue weighted by atomic mass is 9.88. The molecular weight excluding hydrogens is 522 g/mol. The average molecular weight is 564 g/mol. The molecular formula is C35H41N5O2. The third-order valence-electron chi connectivity index (χ3n) is 8.76. The lowest BCUT2D eigenvalue weighted by Gasteiger charge is -2.32. The fourth-order valence-corrected chi connectivity index (χ4v) is 6.38. The van der Waals surface area contributed by atoms with E-state index in [9.17, 15) is 4.79 Å². The smallest absolute Gasteiger partial charge is 0.223 e. The number of hydrogen-bond donors (Lipinski definition) is 3. The molecule has 7 heteroatoms. The van der Waals surface area contributed by atoms with Crippen LogP contribution in [0.5, 0.6) is 5.75 Å². The van der Waals surface area contributed by atoms with Gasteiger partial charge in [-0.25, -0.2) is 0 Å². The number of H-pyrrole nitrogens is 1. The predicted octanol–water partition coefficient (Wildman–Crippen LogP) is 6.16. The number of amidine groups is 1. The van der Waals surface area contributed by atoms with E-state index in [1.165, 1.54) is 28.5 Å². The van der Waals surface area contributed by atoms with E-state index in [0.717, 1.165) is 55.6 Å². The highest BCUT2D eigenvalue weighted by molar-refractivity contribution is 5.94. The molecule has 0 spiro atoms. The molecule has 1 amide bonds. The lowest BCUT2D eigenvalue weighted by Crippen LogP contribution is -2.52. The maximum atomic E-state index is 13.7. The number of amides is 1. The van der Waals surface area contributed by atoms with Crippen LogP contribution in [0.3, 0.4) is 0 Å². The summed E-state index contributed by atoms with van der Waals surface area (Å²) in [5, 5.41) is 9.60. The molecule has 2 aliphatic rings. The number of aryl methyl sites for hydroxylation is 1. The Kier molecular flexibility index (Phi) is 8.73. The van der Waals surface area contributed by atoms with Crippen molar-refractivity contribution in [1.29, 1.82) is 0 Å². The number of nitrogens with one attached hydrogen (secondary N) is 3. The van der Waals surface area contributed by atoms with Crippen molar-refractivity contribution in [2.75, 3.05) is 7.11 Å². The molecule has 218 valence electrons. The van der Waals surface area contributed by atoms with Crippen molar-refractivity contribution >= 4 is 22.6 Å². The van der Waals surface area contributed by atoms with E-state index in [0.29, 0.717) is 13.0 Å². The van der Waals surface area contributed by atoms with Gasteiger partial charge in [0, 0.05) is 36.0 Å². The number of hydrazone groups is 1. The van der Waals surface area contributed by atoms with Crippen LogP contribution < -0.4 is 15.5 Å². The first-order chi connectivity index (χ1) is 20.7. The second-order valence-corrected chi connectivity index (χ2v) is 11.6. The summed E-state index contributed by atoms with van der Waals surface area (Å²) in [4.78, 5) is 19.4. The summed E-state index contributed by atoms with van der Waals surface area (Å²) in [6, 6.07) is 26.9. The molecule has 4 aromatic rings. The van der Waals surface area contributed by atoms with Crippen LogP contribution in [0.2, 0.25) is 0 Å². The highest BCUT2D eigenvalue weighted by atomic mass is 16.5. The normalized spacial score (nSPS) is 18.0. The number of methoxy groups -OCH3 is 1. The Labute approximate surface area is 248 Å². The molecule has 1 saturated carbocycles. The molecule has 42 heavy (non-hydrogen) atoms.